The van der Waals surface area contributed by atoms with Gasteiger partial charge in [0.15, 0.2) is 17.7 Å². The summed E-state index contributed by atoms with van der Waals surface area (Å²) < 4.78 is 37.0. The summed E-state index contributed by atoms with van der Waals surface area (Å²) >= 11 is 0. The van der Waals surface area contributed by atoms with Crippen LogP contribution in [0.3, 0.4) is 0 Å². The third kappa shape index (κ3) is 4.37. The van der Waals surface area contributed by atoms with Gasteiger partial charge in [0, 0.05) is 0 Å². The molecule has 3 heterocycles. The summed E-state index contributed by atoms with van der Waals surface area (Å²) in [7, 11) is -5.44. The van der Waals surface area contributed by atoms with Crippen LogP contribution in [0.15, 0.2) is 12.7 Å². The average molecular weight is 419 g/mol. The molecule has 0 saturated carbocycles. The van der Waals surface area contributed by atoms with Crippen LogP contribution in [0.1, 0.15) is 6.23 Å². The van der Waals surface area contributed by atoms with E-state index in [1.807, 2.05) is 0 Å². The maximum atomic E-state index is 11.6. The minimum atomic E-state index is -5.66. The molecule has 4 N–H and O–H groups in total. The van der Waals surface area contributed by atoms with E-state index in [0.29, 0.717) is 0 Å². The first-order chi connectivity index (χ1) is 12.5. The molecule has 2 aromatic rings. The van der Waals surface area contributed by atoms with Crippen LogP contribution < -0.4 is 15.5 Å². The molecule has 1 fully saturated rings. The Morgan fingerprint density at radius 2 is 2.00 bits per heavy atom. The minimum absolute atomic E-state index is 0.0903. The fourth-order valence-electron chi connectivity index (χ4n) is 2.49. The number of imidazole rings is 1. The number of nitrogens with two attached hydrogens (primary N) is 1. The molecule has 0 unspecified atom stereocenters. The van der Waals surface area contributed by atoms with Gasteiger partial charge in [0.25, 0.3) is 0 Å². The fraction of sp³-hybridized carbons (Fsp3) is 0.500. The Bertz CT molecular complexity index is 937. The van der Waals surface area contributed by atoms with Gasteiger partial charge in [-0.1, -0.05) is 0 Å². The van der Waals surface area contributed by atoms with E-state index in [2.05, 4.69) is 23.8 Å². The number of hydrogen-bond acceptors (Lipinski definition) is 13. The number of nitrogens with zero attached hydrogens (tertiary/aromatic N) is 4. The van der Waals surface area contributed by atoms with Crippen LogP contribution in [0.25, 0.3) is 11.2 Å². The molecule has 3 radical (unpaired) electrons. The van der Waals surface area contributed by atoms with Crippen molar-refractivity contribution in [1.82, 2.24) is 19.5 Å². The number of phosphoric acid groups is 1. The molecular weight excluding hydrogens is 407 g/mol. The molecule has 14 nitrogen and oxygen atoms in total. The van der Waals surface area contributed by atoms with Crippen molar-refractivity contribution in [3.05, 3.63) is 12.7 Å². The number of aliphatic hydroxyl groups excluding tert-OH is 2. The van der Waals surface area contributed by atoms with Gasteiger partial charge in [-0.05, 0) is 0 Å². The number of hydrogen-bond donors (Lipinski definition) is 3. The molecule has 5 atom stereocenters. The van der Waals surface area contributed by atoms with E-state index in [0.717, 1.165) is 0 Å². The van der Waals surface area contributed by atoms with Crippen LogP contribution in [0.2, 0.25) is 0 Å². The molecule has 0 bridgehead atoms. The lowest BCUT2D eigenvalue weighted by molar-refractivity contribution is -0.334. The first-order valence-corrected chi connectivity index (χ1v) is 10.3. The zero-order valence-corrected chi connectivity index (χ0v) is 15.1. The highest BCUT2D eigenvalue weighted by atomic mass is 31.3. The van der Waals surface area contributed by atoms with Crippen molar-refractivity contribution in [2.24, 2.45) is 0 Å². The predicted octanol–water partition coefficient (Wildman–Crippen LogP) is -2.83. The van der Waals surface area contributed by atoms with Gasteiger partial charge >= 0.3 is 0 Å². The summed E-state index contributed by atoms with van der Waals surface area (Å²) in [6, 6.07) is 0. The van der Waals surface area contributed by atoms with Crippen LogP contribution in [-0.2, 0) is 22.7 Å². The van der Waals surface area contributed by atoms with E-state index in [9.17, 15) is 29.1 Å². The number of ether oxygens (including phenoxy) is 1. The maximum Gasteiger partial charge on any atom is 0.167 e. The number of nitrogen functional groups attached to an aromatic ring is 1. The van der Waals surface area contributed by atoms with Crippen molar-refractivity contribution >= 4 is 39.8 Å². The Kier molecular flexibility index (Phi) is 5.43. The summed E-state index contributed by atoms with van der Waals surface area (Å²) in [5.74, 6) is 0.0903. The van der Waals surface area contributed by atoms with Crippen molar-refractivity contribution in [3.63, 3.8) is 0 Å². The second kappa shape index (κ2) is 7.20. The van der Waals surface area contributed by atoms with Crippen LogP contribution in [-0.4, -0.2) is 62.2 Å². The van der Waals surface area contributed by atoms with E-state index in [4.69, 9.17) is 18.0 Å². The van der Waals surface area contributed by atoms with Crippen LogP contribution in [0.4, 0.5) is 5.82 Å². The number of aliphatic hydroxyl groups is 2. The highest BCUT2D eigenvalue weighted by Gasteiger charge is 2.44. The Morgan fingerprint density at radius 1 is 1.30 bits per heavy atom. The second-order valence-electron chi connectivity index (χ2n) is 5.49. The minimum Gasteiger partial charge on any atom is -0.790 e. The van der Waals surface area contributed by atoms with Gasteiger partial charge in [-0.2, -0.15) is 0 Å². The molecule has 0 spiro atoms. The standard InChI is InChI=1S/C10H14BN5O9P2/c11-26(19,25-27(20,21)22)23-1-4-6(17)7(18)10(24-4)16-3-15-5-8(12)13-2-14-9(5)16/h2-4,6-7,10,17-18H,1H2,(H2,12,13,14)(H2,20,21,22)/q-1/p-2/t4-,6-,7-,10-,26+/m1/s1. The van der Waals surface area contributed by atoms with Gasteiger partial charge in [-0.3, -0.25) is 4.57 Å². The molecule has 0 aliphatic carbocycles. The van der Waals surface area contributed by atoms with Gasteiger partial charge in [0.2, 0.25) is 0 Å². The molecule has 1 saturated heterocycles. The molecule has 2 aromatic heterocycles. The van der Waals surface area contributed by atoms with Crippen molar-refractivity contribution in [1.29, 1.82) is 0 Å². The molecule has 147 valence electrons. The fourth-order valence-corrected chi connectivity index (χ4v) is 4.15. The average Bonchev–Trinajstić information content (AvgIpc) is 3.07. The summed E-state index contributed by atoms with van der Waals surface area (Å²) in [4.78, 5) is 32.7. The van der Waals surface area contributed by atoms with Gasteiger partial charge in [0.05, 0.1) is 28.2 Å². The monoisotopic (exact) mass is 419 g/mol. The summed E-state index contributed by atoms with van der Waals surface area (Å²) in [5.41, 5.74) is 6.13. The first kappa shape index (κ1) is 20.3. The zero-order chi connectivity index (χ0) is 20.0. The quantitative estimate of drug-likeness (QED) is 0.318. The lowest BCUT2D eigenvalue weighted by atomic mass is 10.1. The Balaban J connectivity index is 1.75. The second-order valence-corrected chi connectivity index (χ2v) is 8.38. The van der Waals surface area contributed by atoms with Crippen molar-refractivity contribution in [2.75, 3.05) is 12.3 Å². The topological polar surface area (TPSA) is 218 Å². The van der Waals surface area contributed by atoms with Gasteiger partial charge < -0.3 is 56.0 Å². The molecule has 0 amide bonds. The molecule has 17 heteroatoms. The van der Waals surface area contributed by atoms with E-state index < -0.39 is 46.4 Å². The molecule has 27 heavy (non-hydrogen) atoms. The zero-order valence-electron chi connectivity index (χ0n) is 13.3. The van der Waals surface area contributed by atoms with E-state index in [1.54, 1.807) is 0 Å². The highest BCUT2D eigenvalue weighted by molar-refractivity contribution is 7.83. The normalized spacial score (nSPS) is 28.5. The van der Waals surface area contributed by atoms with Crippen LogP contribution in [0, 0.1) is 0 Å². The predicted molar refractivity (Wildman–Crippen MR) is 83.7 cm³/mol. The smallest absolute Gasteiger partial charge is 0.167 e. The lowest BCUT2D eigenvalue weighted by Crippen LogP contribution is -2.33. The molecule has 0 aromatic carbocycles. The molecule has 1 aliphatic rings. The van der Waals surface area contributed by atoms with Crippen LogP contribution >= 0.6 is 15.3 Å². The van der Waals surface area contributed by atoms with E-state index in [-0.39, 0.29) is 17.0 Å². The third-order valence-electron chi connectivity index (χ3n) is 3.63. The number of rotatable bonds is 6. The molecule has 3 rings (SSSR count). The molecule has 1 aliphatic heterocycles. The SMILES string of the molecule is [B-][P@](=O)(OC[C@H]1O[C@@H](n2cnc3c(N)ncnc32)[C@H](O)[C@@H]1O)OP(=O)([O-])[O-]. The number of aromatic nitrogens is 4. The summed E-state index contributed by atoms with van der Waals surface area (Å²) in [6.07, 6.45) is -3.09. The Hall–Kier alpha value is -1.41. The Labute approximate surface area is 152 Å². The first-order valence-electron chi connectivity index (χ1n) is 7.20. The van der Waals surface area contributed by atoms with Gasteiger partial charge in [-0.25, -0.2) is 15.0 Å². The summed E-state index contributed by atoms with van der Waals surface area (Å²) in [5, 5.41) is 20.3. The lowest BCUT2D eigenvalue weighted by Gasteiger charge is -2.38. The third-order valence-corrected chi connectivity index (χ3v) is 5.85. The van der Waals surface area contributed by atoms with Gasteiger partial charge in [-0.15, -0.1) is 0 Å². The van der Waals surface area contributed by atoms with E-state index >= 15 is 0 Å². The Morgan fingerprint density at radius 3 is 2.67 bits per heavy atom. The van der Waals surface area contributed by atoms with Gasteiger partial charge in [0.1, 0.15) is 30.2 Å². The maximum absolute atomic E-state index is 11.6. The largest absolute Gasteiger partial charge is 0.790 e. The van der Waals surface area contributed by atoms with Crippen LogP contribution in [0.5, 0.6) is 0 Å². The number of anilines is 1. The van der Waals surface area contributed by atoms with Crippen molar-refractivity contribution in [2.45, 2.75) is 24.5 Å². The summed E-state index contributed by atoms with van der Waals surface area (Å²) in [6.45, 7) is -0.744. The number of fused-ring (bicyclic) bond motifs is 1. The highest BCUT2D eigenvalue weighted by Crippen LogP contribution is 2.53. The molecular formula is C10H12BN5O9P2-3. The van der Waals surface area contributed by atoms with E-state index in [1.165, 1.54) is 17.2 Å². The van der Waals surface area contributed by atoms with Crippen molar-refractivity contribution < 1.29 is 42.7 Å². The van der Waals surface area contributed by atoms with Crippen molar-refractivity contribution in [3.8, 4) is 0 Å².